The van der Waals surface area contributed by atoms with Crippen molar-refractivity contribution in [2.24, 2.45) is 0 Å². The fourth-order valence-corrected chi connectivity index (χ4v) is 2.82. The molecule has 0 saturated heterocycles. The molecule has 0 saturated carbocycles. The molecule has 1 aromatic carbocycles. The van der Waals surface area contributed by atoms with E-state index >= 15 is 0 Å². The fourth-order valence-electron chi connectivity index (χ4n) is 1.83. The molecule has 2 nitrogen and oxygen atoms in total. The number of rotatable bonds is 5. The van der Waals surface area contributed by atoms with Crippen molar-refractivity contribution in [1.82, 2.24) is 0 Å². The van der Waals surface area contributed by atoms with Gasteiger partial charge in [0, 0.05) is 7.11 Å². The average molecular weight is 334 g/mol. The average Bonchev–Trinajstić information content (AvgIpc) is 2.38. The van der Waals surface area contributed by atoms with Crippen LogP contribution in [0.2, 0.25) is 18.1 Å². The Bertz CT molecular complexity index is 480. The number of hydrogen-bond acceptors (Lipinski definition) is 2. The number of hydrogen-bond donors (Lipinski definition) is 0. The number of methoxy groups -OCH3 is 1. The smallest absolute Gasteiger partial charge is 0.413 e. The molecule has 0 bridgehead atoms. The van der Waals surface area contributed by atoms with Gasteiger partial charge < -0.3 is 9.16 Å². The van der Waals surface area contributed by atoms with E-state index in [-0.39, 0.29) is 10.6 Å². The van der Waals surface area contributed by atoms with Crippen molar-refractivity contribution in [2.45, 2.75) is 50.7 Å². The highest BCUT2D eigenvalue weighted by Crippen LogP contribution is 2.44. The van der Waals surface area contributed by atoms with Crippen LogP contribution in [0.1, 0.15) is 26.3 Å². The first-order chi connectivity index (χ1) is 9.87. The summed E-state index contributed by atoms with van der Waals surface area (Å²) in [6, 6.07) is 7.66. The van der Waals surface area contributed by atoms with Gasteiger partial charge in [-0.05, 0) is 23.7 Å². The number of halogens is 3. The predicted molar refractivity (Wildman–Crippen MR) is 84.3 cm³/mol. The zero-order valence-corrected chi connectivity index (χ0v) is 15.0. The third-order valence-electron chi connectivity index (χ3n) is 4.49. The maximum atomic E-state index is 13.7. The minimum atomic E-state index is -4.56. The zero-order valence-electron chi connectivity index (χ0n) is 14.0. The van der Waals surface area contributed by atoms with Gasteiger partial charge in [0.05, 0.1) is 6.61 Å². The van der Waals surface area contributed by atoms with Gasteiger partial charge in [-0.1, -0.05) is 51.1 Å². The van der Waals surface area contributed by atoms with Crippen LogP contribution in [0.25, 0.3) is 0 Å². The molecule has 0 amide bonds. The number of ether oxygens (including phenoxy) is 1. The molecule has 126 valence electrons. The minimum Gasteiger partial charge on any atom is -0.413 e. The van der Waals surface area contributed by atoms with E-state index in [1.807, 2.05) is 33.9 Å². The molecule has 22 heavy (non-hydrogen) atoms. The van der Waals surface area contributed by atoms with E-state index in [1.54, 1.807) is 18.2 Å². The first kappa shape index (κ1) is 19.2. The number of benzene rings is 1. The Morgan fingerprint density at radius 3 is 1.86 bits per heavy atom. The van der Waals surface area contributed by atoms with E-state index in [1.165, 1.54) is 12.1 Å². The van der Waals surface area contributed by atoms with Crippen molar-refractivity contribution in [3.05, 3.63) is 35.9 Å². The van der Waals surface area contributed by atoms with Gasteiger partial charge >= 0.3 is 6.18 Å². The van der Waals surface area contributed by atoms with Crippen LogP contribution in [0.5, 0.6) is 0 Å². The van der Waals surface area contributed by atoms with Crippen LogP contribution >= 0.6 is 0 Å². The Labute approximate surface area is 131 Å². The van der Waals surface area contributed by atoms with E-state index in [2.05, 4.69) is 0 Å². The standard InChI is InChI=1S/C16H25F3O2Si/c1-14(2,3)22(5,6)21-12-15(20-4,16(17,18)19)13-10-8-7-9-11-13/h7-11H,12H2,1-6H3. The summed E-state index contributed by atoms with van der Waals surface area (Å²) in [4.78, 5) is 0. The van der Waals surface area contributed by atoms with Crippen LogP contribution in [-0.4, -0.2) is 28.2 Å². The van der Waals surface area contributed by atoms with E-state index in [0.29, 0.717) is 0 Å². The zero-order chi connectivity index (χ0) is 17.2. The lowest BCUT2D eigenvalue weighted by Crippen LogP contribution is -2.52. The summed E-state index contributed by atoms with van der Waals surface area (Å²) in [6.07, 6.45) is -4.56. The molecule has 0 aliphatic carbocycles. The summed E-state index contributed by atoms with van der Waals surface area (Å²) in [7, 11) is -1.24. The normalized spacial score (nSPS) is 16.4. The van der Waals surface area contributed by atoms with Gasteiger partial charge in [0.15, 0.2) is 8.32 Å². The van der Waals surface area contributed by atoms with Gasteiger partial charge in [-0.3, -0.25) is 0 Å². The number of alkyl halides is 3. The van der Waals surface area contributed by atoms with E-state index in [9.17, 15) is 13.2 Å². The summed E-state index contributed by atoms with van der Waals surface area (Å²) in [6.45, 7) is 9.29. The molecule has 1 rings (SSSR count). The molecule has 1 atom stereocenters. The van der Waals surface area contributed by atoms with E-state index < -0.39 is 26.7 Å². The summed E-state index contributed by atoms with van der Waals surface area (Å²) in [5.74, 6) is 0. The highest BCUT2D eigenvalue weighted by molar-refractivity contribution is 6.74. The summed E-state index contributed by atoms with van der Waals surface area (Å²) in [5.41, 5.74) is -2.38. The van der Waals surface area contributed by atoms with E-state index in [4.69, 9.17) is 9.16 Å². The Hall–Kier alpha value is -0.853. The molecular formula is C16H25F3O2Si. The van der Waals surface area contributed by atoms with Gasteiger partial charge in [-0.25, -0.2) is 0 Å². The second-order valence-electron chi connectivity index (χ2n) is 6.94. The van der Waals surface area contributed by atoms with Gasteiger partial charge in [0.2, 0.25) is 5.60 Å². The lowest BCUT2D eigenvalue weighted by Gasteiger charge is -2.41. The van der Waals surface area contributed by atoms with Crippen molar-refractivity contribution in [1.29, 1.82) is 0 Å². The molecule has 0 aliphatic rings. The Morgan fingerprint density at radius 1 is 1.00 bits per heavy atom. The maximum Gasteiger partial charge on any atom is 0.423 e. The van der Waals surface area contributed by atoms with Crippen molar-refractivity contribution in [2.75, 3.05) is 13.7 Å². The Morgan fingerprint density at radius 2 is 1.50 bits per heavy atom. The molecule has 0 heterocycles. The molecule has 1 unspecified atom stereocenters. The Balaban J connectivity index is 3.19. The maximum absolute atomic E-state index is 13.7. The molecule has 0 radical (unpaired) electrons. The quantitative estimate of drug-likeness (QED) is 0.697. The molecule has 0 spiro atoms. The van der Waals surface area contributed by atoms with Crippen LogP contribution in [0, 0.1) is 0 Å². The van der Waals surface area contributed by atoms with Crippen molar-refractivity contribution in [3.63, 3.8) is 0 Å². The SMILES string of the molecule is COC(CO[Si](C)(C)C(C)(C)C)(c1ccccc1)C(F)(F)F. The lowest BCUT2D eigenvalue weighted by atomic mass is 9.94. The highest BCUT2D eigenvalue weighted by atomic mass is 28.4. The van der Waals surface area contributed by atoms with Crippen LogP contribution in [0.3, 0.4) is 0 Å². The predicted octanol–water partition coefficient (Wildman–Crippen LogP) is 5.11. The van der Waals surface area contributed by atoms with Gasteiger partial charge in [0.25, 0.3) is 0 Å². The molecular weight excluding hydrogens is 309 g/mol. The lowest BCUT2D eigenvalue weighted by molar-refractivity contribution is -0.286. The molecule has 0 fully saturated rings. The van der Waals surface area contributed by atoms with E-state index in [0.717, 1.165) is 7.11 Å². The van der Waals surface area contributed by atoms with Crippen LogP contribution < -0.4 is 0 Å². The Kier molecular flexibility index (Phi) is 5.53. The first-order valence-electron chi connectivity index (χ1n) is 7.19. The van der Waals surface area contributed by atoms with Gasteiger partial charge in [-0.15, -0.1) is 0 Å². The van der Waals surface area contributed by atoms with Crippen molar-refractivity contribution < 1.29 is 22.3 Å². The third-order valence-corrected chi connectivity index (χ3v) is 8.97. The largest absolute Gasteiger partial charge is 0.423 e. The van der Waals surface area contributed by atoms with Crippen LogP contribution in [0.15, 0.2) is 30.3 Å². The molecule has 0 N–H and O–H groups in total. The fraction of sp³-hybridized carbons (Fsp3) is 0.625. The second kappa shape index (κ2) is 6.33. The molecule has 0 aromatic heterocycles. The second-order valence-corrected chi connectivity index (χ2v) is 11.8. The first-order valence-corrected chi connectivity index (χ1v) is 10.1. The topological polar surface area (TPSA) is 18.5 Å². The van der Waals surface area contributed by atoms with Crippen molar-refractivity contribution in [3.8, 4) is 0 Å². The van der Waals surface area contributed by atoms with Crippen LogP contribution in [-0.2, 0) is 14.8 Å². The summed E-state index contributed by atoms with van der Waals surface area (Å²) >= 11 is 0. The third kappa shape index (κ3) is 3.72. The van der Waals surface area contributed by atoms with Gasteiger partial charge in [-0.2, -0.15) is 13.2 Å². The molecule has 6 heteroatoms. The van der Waals surface area contributed by atoms with Gasteiger partial charge in [0.1, 0.15) is 0 Å². The summed E-state index contributed by atoms with van der Waals surface area (Å²) < 4.78 is 52.0. The van der Waals surface area contributed by atoms with Crippen molar-refractivity contribution >= 4 is 8.32 Å². The monoisotopic (exact) mass is 334 g/mol. The molecule has 0 aliphatic heterocycles. The summed E-state index contributed by atoms with van der Waals surface area (Å²) in [5, 5.41) is -0.172. The molecule has 1 aromatic rings. The highest BCUT2D eigenvalue weighted by Gasteiger charge is 2.58. The van der Waals surface area contributed by atoms with Crippen LogP contribution in [0.4, 0.5) is 13.2 Å². The minimum absolute atomic E-state index is 0.0590.